The van der Waals surface area contributed by atoms with Gasteiger partial charge in [0.1, 0.15) is 12.7 Å². The van der Waals surface area contributed by atoms with Crippen molar-refractivity contribution in [3.05, 3.63) is 81.3 Å². The van der Waals surface area contributed by atoms with E-state index in [0.29, 0.717) is 16.6 Å². The SMILES string of the molecule is Clc1ccc(CSC(Cn2cncn2)c2ccc(Cl)cc2Cl)cc1. The number of halogens is 3. The van der Waals surface area contributed by atoms with Crippen LogP contribution in [0, 0.1) is 0 Å². The monoisotopic (exact) mass is 397 g/mol. The molecule has 24 heavy (non-hydrogen) atoms. The zero-order chi connectivity index (χ0) is 16.9. The Kier molecular flexibility index (Phi) is 6.06. The van der Waals surface area contributed by atoms with Gasteiger partial charge >= 0.3 is 0 Å². The number of rotatable bonds is 6. The van der Waals surface area contributed by atoms with Crippen molar-refractivity contribution in [1.82, 2.24) is 14.8 Å². The summed E-state index contributed by atoms with van der Waals surface area (Å²) in [6.07, 6.45) is 3.24. The lowest BCUT2D eigenvalue weighted by atomic mass is 10.1. The van der Waals surface area contributed by atoms with E-state index in [-0.39, 0.29) is 5.25 Å². The summed E-state index contributed by atoms with van der Waals surface area (Å²) in [5.41, 5.74) is 2.24. The Labute approximate surface area is 160 Å². The highest BCUT2D eigenvalue weighted by Crippen LogP contribution is 2.37. The molecule has 3 aromatic rings. The van der Waals surface area contributed by atoms with Gasteiger partial charge in [-0.2, -0.15) is 5.10 Å². The molecule has 0 saturated carbocycles. The van der Waals surface area contributed by atoms with Crippen LogP contribution in [0.2, 0.25) is 15.1 Å². The van der Waals surface area contributed by atoms with Gasteiger partial charge < -0.3 is 0 Å². The smallest absolute Gasteiger partial charge is 0.137 e. The first-order valence-electron chi connectivity index (χ1n) is 7.25. The molecule has 0 N–H and O–H groups in total. The Morgan fingerprint density at radius 1 is 1.00 bits per heavy atom. The summed E-state index contributed by atoms with van der Waals surface area (Å²) >= 11 is 20.2. The van der Waals surface area contributed by atoms with Gasteiger partial charge in [-0.15, -0.1) is 11.8 Å². The minimum absolute atomic E-state index is 0.132. The second-order valence-electron chi connectivity index (χ2n) is 5.21. The van der Waals surface area contributed by atoms with Gasteiger partial charge in [0.15, 0.2) is 0 Å². The number of hydrogen-bond donors (Lipinski definition) is 0. The molecule has 0 bridgehead atoms. The summed E-state index contributed by atoms with van der Waals surface area (Å²) in [6.45, 7) is 0.680. The van der Waals surface area contributed by atoms with Crippen LogP contribution in [0.4, 0.5) is 0 Å². The van der Waals surface area contributed by atoms with Gasteiger partial charge in [0.2, 0.25) is 0 Å². The van der Waals surface area contributed by atoms with Crippen LogP contribution in [-0.2, 0) is 12.3 Å². The van der Waals surface area contributed by atoms with E-state index >= 15 is 0 Å². The average molecular weight is 399 g/mol. The highest BCUT2D eigenvalue weighted by Gasteiger charge is 2.17. The Morgan fingerprint density at radius 2 is 1.75 bits per heavy atom. The van der Waals surface area contributed by atoms with E-state index in [1.807, 2.05) is 41.1 Å². The van der Waals surface area contributed by atoms with Gasteiger partial charge in [0.25, 0.3) is 0 Å². The minimum Gasteiger partial charge on any atom is -0.252 e. The van der Waals surface area contributed by atoms with E-state index in [1.54, 1.807) is 24.2 Å². The van der Waals surface area contributed by atoms with E-state index in [1.165, 1.54) is 11.9 Å². The maximum Gasteiger partial charge on any atom is 0.137 e. The highest BCUT2D eigenvalue weighted by molar-refractivity contribution is 7.98. The van der Waals surface area contributed by atoms with Crippen molar-refractivity contribution in [2.24, 2.45) is 0 Å². The van der Waals surface area contributed by atoms with E-state index in [9.17, 15) is 0 Å². The molecule has 0 aliphatic carbocycles. The fraction of sp³-hybridized carbons (Fsp3) is 0.176. The van der Waals surface area contributed by atoms with Gasteiger partial charge in [0, 0.05) is 20.8 Å². The number of nitrogens with zero attached hydrogens (tertiary/aromatic N) is 3. The van der Waals surface area contributed by atoms with Gasteiger partial charge in [0.05, 0.1) is 11.8 Å². The first-order chi connectivity index (χ1) is 11.6. The van der Waals surface area contributed by atoms with E-state index in [2.05, 4.69) is 10.1 Å². The van der Waals surface area contributed by atoms with Gasteiger partial charge in [-0.3, -0.25) is 4.68 Å². The second kappa shape index (κ2) is 8.26. The molecule has 1 atom stereocenters. The summed E-state index contributed by atoms with van der Waals surface area (Å²) < 4.78 is 1.81. The number of benzene rings is 2. The van der Waals surface area contributed by atoms with Gasteiger partial charge in [-0.25, -0.2) is 4.98 Å². The van der Waals surface area contributed by atoms with E-state index in [4.69, 9.17) is 34.8 Å². The first-order valence-corrected chi connectivity index (χ1v) is 9.43. The van der Waals surface area contributed by atoms with Crippen LogP contribution in [0.15, 0.2) is 55.1 Å². The van der Waals surface area contributed by atoms with Crippen LogP contribution in [0.5, 0.6) is 0 Å². The summed E-state index contributed by atoms with van der Waals surface area (Å²) in [7, 11) is 0. The molecule has 2 aromatic carbocycles. The third-order valence-electron chi connectivity index (χ3n) is 3.49. The zero-order valence-electron chi connectivity index (χ0n) is 12.6. The zero-order valence-corrected chi connectivity index (χ0v) is 15.7. The summed E-state index contributed by atoms with van der Waals surface area (Å²) in [4.78, 5) is 4.01. The van der Waals surface area contributed by atoms with Gasteiger partial charge in [-0.05, 0) is 35.4 Å². The molecule has 0 amide bonds. The largest absolute Gasteiger partial charge is 0.252 e. The van der Waals surface area contributed by atoms with Crippen molar-refractivity contribution in [3.8, 4) is 0 Å². The summed E-state index contributed by atoms with van der Waals surface area (Å²) in [5, 5.41) is 6.37. The van der Waals surface area contributed by atoms with Crippen molar-refractivity contribution >= 4 is 46.6 Å². The van der Waals surface area contributed by atoms with Crippen molar-refractivity contribution in [2.75, 3.05) is 0 Å². The van der Waals surface area contributed by atoms with Crippen molar-refractivity contribution < 1.29 is 0 Å². The first kappa shape index (κ1) is 17.6. The van der Waals surface area contributed by atoms with Crippen LogP contribution in [-0.4, -0.2) is 14.8 Å². The van der Waals surface area contributed by atoms with Gasteiger partial charge in [-0.1, -0.05) is 53.0 Å². The molecule has 124 valence electrons. The van der Waals surface area contributed by atoms with Crippen LogP contribution in [0.3, 0.4) is 0 Å². The van der Waals surface area contributed by atoms with Crippen LogP contribution in [0.1, 0.15) is 16.4 Å². The molecule has 7 heteroatoms. The Balaban J connectivity index is 1.80. The molecule has 3 nitrogen and oxygen atoms in total. The third-order valence-corrected chi connectivity index (χ3v) is 5.61. The lowest BCUT2D eigenvalue weighted by Gasteiger charge is -2.18. The Bertz CT molecular complexity index is 791. The molecule has 1 aromatic heterocycles. The van der Waals surface area contributed by atoms with Crippen molar-refractivity contribution in [2.45, 2.75) is 17.5 Å². The average Bonchev–Trinajstić information content (AvgIpc) is 3.06. The Morgan fingerprint density at radius 3 is 2.42 bits per heavy atom. The Hall–Kier alpha value is -1.20. The molecule has 1 unspecified atom stereocenters. The molecule has 1 heterocycles. The topological polar surface area (TPSA) is 30.7 Å². The number of hydrogen-bond acceptors (Lipinski definition) is 3. The number of aromatic nitrogens is 3. The molecular formula is C17H14Cl3N3S. The maximum atomic E-state index is 6.41. The quantitative estimate of drug-likeness (QED) is 0.517. The van der Waals surface area contributed by atoms with Crippen LogP contribution >= 0.6 is 46.6 Å². The fourth-order valence-electron chi connectivity index (χ4n) is 2.28. The predicted molar refractivity (Wildman–Crippen MR) is 102 cm³/mol. The predicted octanol–water partition coefficient (Wildman–Crippen LogP) is 5.91. The lowest BCUT2D eigenvalue weighted by Crippen LogP contribution is -2.08. The summed E-state index contributed by atoms with van der Waals surface area (Å²) in [6, 6.07) is 13.5. The van der Waals surface area contributed by atoms with Crippen LogP contribution in [0.25, 0.3) is 0 Å². The molecule has 0 fully saturated rings. The molecule has 3 rings (SSSR count). The molecule has 0 spiro atoms. The van der Waals surface area contributed by atoms with Crippen molar-refractivity contribution in [1.29, 1.82) is 0 Å². The minimum atomic E-state index is 0.132. The number of thioether (sulfide) groups is 1. The standard InChI is InChI=1S/C17H14Cl3N3S/c18-13-3-1-12(2-4-13)9-24-17(8-23-11-21-10-22-23)15-6-5-14(19)7-16(15)20/h1-7,10-11,17H,8-9H2. The third kappa shape index (κ3) is 4.67. The normalized spacial score (nSPS) is 12.3. The lowest BCUT2D eigenvalue weighted by molar-refractivity contribution is 0.604. The molecule has 0 radical (unpaired) electrons. The highest BCUT2D eigenvalue weighted by atomic mass is 35.5. The molecule has 0 aliphatic rings. The fourth-order valence-corrected chi connectivity index (χ4v) is 4.24. The van der Waals surface area contributed by atoms with E-state index < -0.39 is 0 Å². The maximum absolute atomic E-state index is 6.41. The second-order valence-corrected chi connectivity index (χ2v) is 7.68. The van der Waals surface area contributed by atoms with Crippen molar-refractivity contribution in [3.63, 3.8) is 0 Å². The molecule has 0 aliphatic heterocycles. The molecule has 0 saturated heterocycles. The van der Waals surface area contributed by atoms with E-state index in [0.717, 1.165) is 16.3 Å². The molecular weight excluding hydrogens is 385 g/mol. The summed E-state index contributed by atoms with van der Waals surface area (Å²) in [5.74, 6) is 0.843. The van der Waals surface area contributed by atoms with Crippen LogP contribution < -0.4 is 0 Å².